The monoisotopic (exact) mass is 192 g/mol. The standard InChI is InChI=1S/C10H12N2O2/c1-3-8(13)7-4-9-10(11-5-7)12(2)6-14-9/h4-5H,3,6H2,1-2H3. The number of fused-ring (bicyclic) bond motifs is 1. The van der Waals surface area contributed by atoms with E-state index in [1.54, 1.807) is 12.3 Å². The van der Waals surface area contributed by atoms with Crippen LogP contribution < -0.4 is 9.64 Å². The predicted octanol–water partition coefficient (Wildman–Crippen LogP) is 1.46. The fourth-order valence-corrected chi connectivity index (χ4v) is 1.41. The van der Waals surface area contributed by atoms with E-state index in [4.69, 9.17) is 4.74 Å². The van der Waals surface area contributed by atoms with Crippen LogP contribution in [0.2, 0.25) is 0 Å². The van der Waals surface area contributed by atoms with Gasteiger partial charge < -0.3 is 9.64 Å². The molecule has 0 saturated heterocycles. The molecule has 0 bridgehead atoms. The van der Waals surface area contributed by atoms with Gasteiger partial charge in [0.1, 0.15) is 0 Å². The van der Waals surface area contributed by atoms with Crippen molar-refractivity contribution in [2.75, 3.05) is 18.7 Å². The molecule has 4 heteroatoms. The van der Waals surface area contributed by atoms with E-state index in [1.807, 2.05) is 18.9 Å². The van der Waals surface area contributed by atoms with E-state index in [0.29, 0.717) is 24.5 Å². The Balaban J connectivity index is 2.37. The van der Waals surface area contributed by atoms with Gasteiger partial charge in [-0.15, -0.1) is 0 Å². The molecular formula is C10H12N2O2. The molecular weight excluding hydrogens is 180 g/mol. The van der Waals surface area contributed by atoms with E-state index < -0.39 is 0 Å². The first-order chi connectivity index (χ1) is 6.72. The molecule has 0 radical (unpaired) electrons. The van der Waals surface area contributed by atoms with Crippen LogP contribution in [0.4, 0.5) is 5.82 Å². The topological polar surface area (TPSA) is 42.4 Å². The Kier molecular flexibility index (Phi) is 2.11. The van der Waals surface area contributed by atoms with Crippen LogP contribution in [-0.2, 0) is 0 Å². The minimum Gasteiger partial charge on any atom is -0.469 e. The van der Waals surface area contributed by atoms with E-state index in [-0.39, 0.29) is 5.78 Å². The Morgan fingerprint density at radius 2 is 2.50 bits per heavy atom. The number of hydrogen-bond acceptors (Lipinski definition) is 4. The zero-order valence-electron chi connectivity index (χ0n) is 8.28. The second kappa shape index (κ2) is 3.29. The van der Waals surface area contributed by atoms with Gasteiger partial charge in [0.2, 0.25) is 0 Å². The molecule has 2 heterocycles. The van der Waals surface area contributed by atoms with Gasteiger partial charge in [-0.05, 0) is 6.07 Å². The molecule has 14 heavy (non-hydrogen) atoms. The highest BCUT2D eigenvalue weighted by molar-refractivity contribution is 5.96. The Bertz CT molecular complexity index is 376. The number of aromatic nitrogens is 1. The van der Waals surface area contributed by atoms with Crippen molar-refractivity contribution in [3.8, 4) is 5.75 Å². The van der Waals surface area contributed by atoms with Gasteiger partial charge in [-0.25, -0.2) is 4.98 Å². The molecule has 0 amide bonds. The molecule has 0 spiro atoms. The molecule has 1 aromatic rings. The van der Waals surface area contributed by atoms with Crippen molar-refractivity contribution in [2.24, 2.45) is 0 Å². The second-order valence-corrected chi connectivity index (χ2v) is 3.29. The summed E-state index contributed by atoms with van der Waals surface area (Å²) in [6.07, 6.45) is 2.10. The number of nitrogens with zero attached hydrogens (tertiary/aromatic N) is 2. The smallest absolute Gasteiger partial charge is 0.173 e. The summed E-state index contributed by atoms with van der Waals surface area (Å²) in [5.41, 5.74) is 0.626. The third-order valence-electron chi connectivity index (χ3n) is 2.25. The molecule has 0 aliphatic carbocycles. The lowest BCUT2D eigenvalue weighted by molar-refractivity contribution is 0.0987. The molecule has 0 unspecified atom stereocenters. The summed E-state index contributed by atoms with van der Waals surface area (Å²) in [4.78, 5) is 17.5. The second-order valence-electron chi connectivity index (χ2n) is 3.29. The fraction of sp³-hybridized carbons (Fsp3) is 0.400. The van der Waals surface area contributed by atoms with Crippen LogP contribution >= 0.6 is 0 Å². The van der Waals surface area contributed by atoms with E-state index in [2.05, 4.69) is 4.98 Å². The normalized spacial score (nSPS) is 13.7. The van der Waals surface area contributed by atoms with Gasteiger partial charge in [0.05, 0.1) is 0 Å². The number of hydrogen-bond donors (Lipinski definition) is 0. The van der Waals surface area contributed by atoms with Crippen molar-refractivity contribution < 1.29 is 9.53 Å². The Hall–Kier alpha value is -1.58. The van der Waals surface area contributed by atoms with Gasteiger partial charge in [0.15, 0.2) is 24.1 Å². The summed E-state index contributed by atoms with van der Waals surface area (Å²) in [6.45, 7) is 2.34. The van der Waals surface area contributed by atoms with Crippen molar-refractivity contribution >= 4 is 11.6 Å². The molecule has 0 fully saturated rings. The first-order valence-corrected chi connectivity index (χ1v) is 4.59. The van der Waals surface area contributed by atoms with Gasteiger partial charge in [-0.2, -0.15) is 0 Å². The number of carbonyl (C=O) groups excluding carboxylic acids is 1. The predicted molar refractivity (Wildman–Crippen MR) is 52.8 cm³/mol. The minimum absolute atomic E-state index is 0.0958. The van der Waals surface area contributed by atoms with E-state index in [9.17, 15) is 4.79 Å². The Morgan fingerprint density at radius 3 is 3.21 bits per heavy atom. The lowest BCUT2D eigenvalue weighted by atomic mass is 10.1. The van der Waals surface area contributed by atoms with E-state index in [1.165, 1.54) is 0 Å². The van der Waals surface area contributed by atoms with Crippen molar-refractivity contribution in [1.82, 2.24) is 4.98 Å². The van der Waals surface area contributed by atoms with Crippen molar-refractivity contribution in [3.05, 3.63) is 17.8 Å². The number of rotatable bonds is 2. The highest BCUT2D eigenvalue weighted by Gasteiger charge is 2.19. The molecule has 4 nitrogen and oxygen atoms in total. The SMILES string of the molecule is CCC(=O)c1cnc2c(c1)OCN2C. The largest absolute Gasteiger partial charge is 0.469 e. The third-order valence-corrected chi connectivity index (χ3v) is 2.25. The number of Topliss-reactive ketones (excluding diaryl/α,β-unsaturated/α-hetero) is 1. The van der Waals surface area contributed by atoms with Gasteiger partial charge >= 0.3 is 0 Å². The highest BCUT2D eigenvalue weighted by atomic mass is 16.5. The molecule has 0 N–H and O–H groups in total. The van der Waals surface area contributed by atoms with Crippen LogP contribution in [0.5, 0.6) is 5.75 Å². The zero-order chi connectivity index (χ0) is 10.1. The average molecular weight is 192 g/mol. The van der Waals surface area contributed by atoms with Gasteiger partial charge in [-0.3, -0.25) is 4.79 Å². The fourth-order valence-electron chi connectivity index (χ4n) is 1.41. The number of anilines is 1. The van der Waals surface area contributed by atoms with Crippen LogP contribution in [0.15, 0.2) is 12.3 Å². The van der Waals surface area contributed by atoms with Crippen molar-refractivity contribution in [1.29, 1.82) is 0 Å². The minimum atomic E-state index is 0.0958. The van der Waals surface area contributed by atoms with E-state index >= 15 is 0 Å². The first-order valence-electron chi connectivity index (χ1n) is 4.59. The molecule has 1 aliphatic rings. The maximum Gasteiger partial charge on any atom is 0.173 e. The van der Waals surface area contributed by atoms with Crippen LogP contribution in [-0.4, -0.2) is 24.5 Å². The van der Waals surface area contributed by atoms with Crippen LogP contribution in [0.1, 0.15) is 23.7 Å². The molecule has 1 aromatic heterocycles. The summed E-state index contributed by atoms with van der Waals surface area (Å²) in [6, 6.07) is 1.76. The molecule has 1 aliphatic heterocycles. The van der Waals surface area contributed by atoms with Crippen molar-refractivity contribution in [2.45, 2.75) is 13.3 Å². The molecule has 2 rings (SSSR count). The van der Waals surface area contributed by atoms with E-state index in [0.717, 1.165) is 5.82 Å². The maximum atomic E-state index is 11.4. The Labute approximate surface area is 82.5 Å². The average Bonchev–Trinajstić information content (AvgIpc) is 2.59. The zero-order valence-corrected chi connectivity index (χ0v) is 8.28. The maximum absolute atomic E-state index is 11.4. The highest BCUT2D eigenvalue weighted by Crippen LogP contribution is 2.31. The van der Waals surface area contributed by atoms with Crippen molar-refractivity contribution in [3.63, 3.8) is 0 Å². The molecule has 0 atom stereocenters. The Morgan fingerprint density at radius 1 is 1.71 bits per heavy atom. The van der Waals surface area contributed by atoms with Crippen LogP contribution in [0.3, 0.4) is 0 Å². The summed E-state index contributed by atoms with van der Waals surface area (Å²) in [5.74, 6) is 1.60. The van der Waals surface area contributed by atoms with Gasteiger partial charge in [0.25, 0.3) is 0 Å². The number of ketones is 1. The van der Waals surface area contributed by atoms with Crippen LogP contribution in [0, 0.1) is 0 Å². The molecule has 0 saturated carbocycles. The summed E-state index contributed by atoms with van der Waals surface area (Å²) in [7, 11) is 1.90. The quantitative estimate of drug-likeness (QED) is 0.665. The number of carbonyl (C=O) groups is 1. The summed E-state index contributed by atoms with van der Waals surface area (Å²) in [5, 5.41) is 0. The number of pyridine rings is 1. The molecule has 0 aromatic carbocycles. The first kappa shape index (κ1) is 8.99. The third kappa shape index (κ3) is 1.32. The summed E-state index contributed by atoms with van der Waals surface area (Å²) >= 11 is 0. The lowest BCUT2D eigenvalue weighted by Gasteiger charge is -2.05. The summed E-state index contributed by atoms with van der Waals surface area (Å²) < 4.78 is 5.36. The van der Waals surface area contributed by atoms with Gasteiger partial charge in [0, 0.05) is 25.2 Å². The van der Waals surface area contributed by atoms with Gasteiger partial charge in [-0.1, -0.05) is 6.92 Å². The van der Waals surface area contributed by atoms with Crippen LogP contribution in [0.25, 0.3) is 0 Å². The molecule has 74 valence electrons. The lowest BCUT2D eigenvalue weighted by Crippen LogP contribution is -2.15. The number of ether oxygens (including phenoxy) is 1.